The van der Waals surface area contributed by atoms with E-state index >= 15 is 0 Å². The van der Waals surface area contributed by atoms with E-state index in [1.54, 1.807) is 17.0 Å². The Morgan fingerprint density at radius 2 is 1.93 bits per heavy atom. The molecule has 0 radical (unpaired) electrons. The number of carbonyl (C=O) groups is 1. The highest BCUT2D eigenvalue weighted by molar-refractivity contribution is 6.11. The highest BCUT2D eigenvalue weighted by Gasteiger charge is 2.34. The lowest BCUT2D eigenvalue weighted by atomic mass is 9.83. The van der Waals surface area contributed by atoms with Crippen LogP contribution in [0.25, 0.3) is 0 Å². The van der Waals surface area contributed by atoms with Crippen molar-refractivity contribution in [3.63, 3.8) is 0 Å². The minimum absolute atomic E-state index is 0.01000. The van der Waals surface area contributed by atoms with Gasteiger partial charge in [-0.3, -0.25) is 24.4 Å². The number of hydrogen-bond donors (Lipinski definition) is 0. The van der Waals surface area contributed by atoms with Crippen molar-refractivity contribution < 1.29 is 4.79 Å². The highest BCUT2D eigenvalue weighted by Crippen LogP contribution is 2.34. The normalized spacial score (nSPS) is 23.5. The number of benzene rings is 1. The number of likely N-dealkylation sites (tertiary alicyclic amines) is 1. The lowest BCUT2D eigenvalue weighted by Gasteiger charge is -2.42. The molecule has 0 spiro atoms. The van der Waals surface area contributed by atoms with Crippen LogP contribution in [-0.4, -0.2) is 58.8 Å². The maximum Gasteiger partial charge on any atom is 0.251 e. The van der Waals surface area contributed by atoms with E-state index in [4.69, 9.17) is 0 Å². The summed E-state index contributed by atoms with van der Waals surface area (Å²) in [7, 11) is 0. The number of nitrogens with zero attached hydrogens (tertiary/aromatic N) is 4. The summed E-state index contributed by atoms with van der Waals surface area (Å²) in [5.74, 6) is 1.64. The summed E-state index contributed by atoms with van der Waals surface area (Å²) < 4.78 is 1.95. The second-order valence-electron chi connectivity index (χ2n) is 8.38. The van der Waals surface area contributed by atoms with Crippen molar-refractivity contribution >= 4 is 11.7 Å². The molecule has 0 aliphatic carbocycles. The van der Waals surface area contributed by atoms with Gasteiger partial charge in [0.25, 0.3) is 11.5 Å². The molecule has 0 N–H and O–H groups in total. The van der Waals surface area contributed by atoms with E-state index in [9.17, 15) is 9.59 Å². The van der Waals surface area contributed by atoms with Gasteiger partial charge in [-0.05, 0) is 18.4 Å². The van der Waals surface area contributed by atoms with Crippen LogP contribution in [0.15, 0.2) is 70.5 Å². The van der Waals surface area contributed by atoms with Crippen LogP contribution in [0.4, 0.5) is 0 Å². The van der Waals surface area contributed by atoms with Crippen molar-refractivity contribution in [2.45, 2.75) is 18.9 Å². The smallest absolute Gasteiger partial charge is 0.251 e. The van der Waals surface area contributed by atoms with Crippen molar-refractivity contribution in [2.75, 3.05) is 32.7 Å². The van der Waals surface area contributed by atoms with Crippen molar-refractivity contribution in [2.24, 2.45) is 10.9 Å². The second kappa shape index (κ2) is 8.03. The number of carbonyl (C=O) groups excluding carboxylic acids is 1. The van der Waals surface area contributed by atoms with Gasteiger partial charge in [0.15, 0.2) is 0 Å². The first-order valence-electron chi connectivity index (χ1n) is 10.7. The summed E-state index contributed by atoms with van der Waals surface area (Å²) in [6, 6.07) is 15.5. The van der Waals surface area contributed by atoms with E-state index in [2.05, 4.69) is 16.0 Å². The molecule has 1 fully saturated rings. The standard InChI is InChI=1S/C24H26N4O2/c29-22(27-13-11-25-24(27)19-6-2-1-3-7-19)10-5-12-26-15-18-14-20(17-26)21-8-4-9-23(30)28(21)16-18/h1-10,18,20H,11-17H2/b10-5+/t18-,20+/m0/s1. The second-order valence-corrected chi connectivity index (χ2v) is 8.38. The molecule has 4 heterocycles. The fourth-order valence-corrected chi connectivity index (χ4v) is 5.03. The Morgan fingerprint density at radius 1 is 1.07 bits per heavy atom. The first kappa shape index (κ1) is 19.0. The minimum atomic E-state index is -0.01000. The van der Waals surface area contributed by atoms with E-state index in [1.165, 1.54) is 0 Å². The summed E-state index contributed by atoms with van der Waals surface area (Å²) in [4.78, 5) is 33.6. The summed E-state index contributed by atoms with van der Waals surface area (Å²) in [6.45, 7) is 4.73. The fraction of sp³-hybridized carbons (Fsp3) is 0.375. The van der Waals surface area contributed by atoms with Gasteiger partial charge in [0, 0.05) is 62.0 Å². The topological polar surface area (TPSA) is 57.9 Å². The zero-order chi connectivity index (χ0) is 20.5. The van der Waals surface area contributed by atoms with Crippen molar-refractivity contribution in [3.05, 3.63) is 82.3 Å². The molecule has 2 aromatic rings. The summed E-state index contributed by atoms with van der Waals surface area (Å²) in [5.41, 5.74) is 2.25. The number of pyridine rings is 1. The minimum Gasteiger partial charge on any atom is -0.312 e. The average molecular weight is 402 g/mol. The van der Waals surface area contributed by atoms with Crippen LogP contribution in [0.1, 0.15) is 23.6 Å². The number of amides is 1. The number of fused-ring (bicyclic) bond motifs is 4. The molecule has 0 unspecified atom stereocenters. The van der Waals surface area contributed by atoms with Gasteiger partial charge in [0.1, 0.15) is 5.84 Å². The van der Waals surface area contributed by atoms with Gasteiger partial charge in [0.05, 0.1) is 6.54 Å². The number of piperidine rings is 1. The van der Waals surface area contributed by atoms with Crippen LogP contribution >= 0.6 is 0 Å². The number of aliphatic imine (C=N–C) groups is 1. The van der Waals surface area contributed by atoms with E-state index in [0.29, 0.717) is 24.9 Å². The summed E-state index contributed by atoms with van der Waals surface area (Å²) >= 11 is 0. The first-order valence-corrected chi connectivity index (χ1v) is 10.7. The molecule has 1 amide bonds. The Labute approximate surface area is 176 Å². The van der Waals surface area contributed by atoms with Gasteiger partial charge in [0.2, 0.25) is 0 Å². The van der Waals surface area contributed by atoms with Crippen molar-refractivity contribution in [1.82, 2.24) is 14.4 Å². The third-order valence-electron chi connectivity index (χ3n) is 6.32. The van der Waals surface area contributed by atoms with E-state index in [1.807, 2.05) is 47.0 Å². The van der Waals surface area contributed by atoms with Gasteiger partial charge in [-0.1, -0.05) is 42.5 Å². The maximum absolute atomic E-state index is 12.8. The fourth-order valence-electron chi connectivity index (χ4n) is 5.03. The number of hydrogen-bond acceptors (Lipinski definition) is 4. The lowest BCUT2D eigenvalue weighted by molar-refractivity contribution is -0.122. The zero-order valence-corrected chi connectivity index (χ0v) is 17.0. The monoisotopic (exact) mass is 402 g/mol. The largest absolute Gasteiger partial charge is 0.312 e. The molecule has 2 bridgehead atoms. The van der Waals surface area contributed by atoms with Crippen LogP contribution in [0, 0.1) is 5.92 Å². The Hall–Kier alpha value is -2.99. The van der Waals surface area contributed by atoms with Crippen molar-refractivity contribution in [3.8, 4) is 0 Å². The third kappa shape index (κ3) is 3.63. The Morgan fingerprint density at radius 3 is 2.80 bits per heavy atom. The van der Waals surface area contributed by atoms with E-state index in [-0.39, 0.29) is 11.5 Å². The van der Waals surface area contributed by atoms with Crippen LogP contribution in [0.3, 0.4) is 0 Å². The predicted molar refractivity (Wildman–Crippen MR) is 117 cm³/mol. The van der Waals surface area contributed by atoms with Crippen LogP contribution in [-0.2, 0) is 11.3 Å². The molecular weight excluding hydrogens is 376 g/mol. The molecule has 6 nitrogen and oxygen atoms in total. The average Bonchev–Trinajstić information content (AvgIpc) is 3.25. The van der Waals surface area contributed by atoms with Crippen LogP contribution in [0.2, 0.25) is 0 Å². The maximum atomic E-state index is 12.8. The van der Waals surface area contributed by atoms with Gasteiger partial charge >= 0.3 is 0 Å². The molecule has 1 saturated heterocycles. The molecule has 6 heteroatoms. The van der Waals surface area contributed by atoms with Gasteiger partial charge in [-0.15, -0.1) is 0 Å². The Bertz CT molecular complexity index is 1060. The molecular formula is C24H26N4O2. The zero-order valence-electron chi connectivity index (χ0n) is 17.0. The number of rotatable bonds is 4. The van der Waals surface area contributed by atoms with Gasteiger partial charge in [-0.25, -0.2) is 0 Å². The van der Waals surface area contributed by atoms with Crippen LogP contribution in [0.5, 0.6) is 0 Å². The van der Waals surface area contributed by atoms with Gasteiger partial charge in [-0.2, -0.15) is 0 Å². The van der Waals surface area contributed by atoms with E-state index < -0.39 is 0 Å². The third-order valence-corrected chi connectivity index (χ3v) is 6.32. The first-order chi connectivity index (χ1) is 14.7. The molecule has 154 valence electrons. The predicted octanol–water partition coefficient (Wildman–Crippen LogP) is 2.11. The molecule has 5 rings (SSSR count). The molecule has 2 atom stereocenters. The summed E-state index contributed by atoms with van der Waals surface area (Å²) in [6.07, 6.45) is 4.81. The Kier molecular flexibility index (Phi) is 5.09. The number of amidine groups is 1. The highest BCUT2D eigenvalue weighted by atomic mass is 16.2. The molecule has 3 aliphatic heterocycles. The molecule has 1 aromatic carbocycles. The molecule has 0 saturated carbocycles. The number of aromatic nitrogens is 1. The van der Waals surface area contributed by atoms with E-state index in [0.717, 1.165) is 49.7 Å². The van der Waals surface area contributed by atoms with Crippen LogP contribution < -0.4 is 5.56 Å². The molecule has 3 aliphatic rings. The summed E-state index contributed by atoms with van der Waals surface area (Å²) in [5, 5.41) is 0. The van der Waals surface area contributed by atoms with Gasteiger partial charge < -0.3 is 4.57 Å². The Balaban J connectivity index is 1.22. The quantitative estimate of drug-likeness (QED) is 0.736. The lowest BCUT2D eigenvalue weighted by Crippen LogP contribution is -2.47. The molecule has 1 aromatic heterocycles. The SMILES string of the molecule is O=C(/C=C/CN1C[C@@H]2C[C@H](C1)c1cccc(=O)n1C2)N1CCN=C1c1ccccc1. The molecule has 30 heavy (non-hydrogen) atoms. The van der Waals surface area contributed by atoms with Crippen molar-refractivity contribution in [1.29, 1.82) is 0 Å².